The highest BCUT2D eigenvalue weighted by molar-refractivity contribution is 6.21. The van der Waals surface area contributed by atoms with E-state index in [2.05, 4.69) is 157 Å². The zero-order valence-electron chi connectivity index (χ0n) is 26.4. The second-order valence-corrected chi connectivity index (χ2v) is 12.7. The van der Waals surface area contributed by atoms with Gasteiger partial charge in [-0.2, -0.15) is 0 Å². The third-order valence-electron chi connectivity index (χ3n) is 9.77. The van der Waals surface area contributed by atoms with Crippen LogP contribution in [0.1, 0.15) is 5.56 Å². The lowest BCUT2D eigenvalue weighted by atomic mass is 9.85. The molecule has 224 valence electrons. The van der Waals surface area contributed by atoms with E-state index >= 15 is 0 Å². The van der Waals surface area contributed by atoms with Crippen LogP contribution in [0.15, 0.2) is 158 Å². The Morgan fingerprint density at radius 1 is 0.417 bits per heavy atom. The van der Waals surface area contributed by atoms with E-state index in [4.69, 9.17) is 9.97 Å². The average molecular weight is 612 g/mol. The summed E-state index contributed by atoms with van der Waals surface area (Å²) in [5.41, 5.74) is 11.3. The lowest BCUT2D eigenvalue weighted by molar-refractivity contribution is 1.16. The highest BCUT2D eigenvalue weighted by Crippen LogP contribution is 2.44. The summed E-state index contributed by atoms with van der Waals surface area (Å²) >= 11 is 0. The standard InChI is InChI=1S/C45H29N3/c1-28-11-10-12-31(25-28)42-34-13-2-4-15-36(34)43(37-16-5-3-14-35(37)42)32-23-21-30-27-33(24-22-29(30)26-32)44-46-39-18-7-6-17-38(39)45-47-40-19-8-9-20-41(40)48(44)45/h2-27H,1H3. The van der Waals surface area contributed by atoms with E-state index in [1.54, 1.807) is 0 Å². The predicted molar refractivity (Wildman–Crippen MR) is 202 cm³/mol. The molecule has 0 radical (unpaired) electrons. The van der Waals surface area contributed by atoms with Gasteiger partial charge in [0.05, 0.1) is 16.6 Å². The minimum atomic E-state index is 0.895. The molecule has 0 aliphatic rings. The van der Waals surface area contributed by atoms with Crippen molar-refractivity contribution < 1.29 is 0 Å². The summed E-state index contributed by atoms with van der Waals surface area (Å²) in [6, 6.07) is 56.8. The summed E-state index contributed by atoms with van der Waals surface area (Å²) < 4.78 is 2.21. The number of para-hydroxylation sites is 3. The van der Waals surface area contributed by atoms with Crippen LogP contribution < -0.4 is 0 Å². The van der Waals surface area contributed by atoms with Gasteiger partial charge < -0.3 is 0 Å². The molecule has 0 fully saturated rings. The highest BCUT2D eigenvalue weighted by atomic mass is 15.1. The van der Waals surface area contributed by atoms with Gasteiger partial charge in [-0.25, -0.2) is 9.97 Å². The minimum absolute atomic E-state index is 0.895. The molecule has 3 heteroatoms. The Morgan fingerprint density at radius 3 is 1.62 bits per heavy atom. The van der Waals surface area contributed by atoms with Crippen LogP contribution in [-0.4, -0.2) is 14.4 Å². The third-order valence-corrected chi connectivity index (χ3v) is 9.77. The summed E-state index contributed by atoms with van der Waals surface area (Å²) in [5.74, 6) is 0.895. The lowest BCUT2D eigenvalue weighted by Crippen LogP contribution is -1.98. The van der Waals surface area contributed by atoms with Gasteiger partial charge in [-0.1, -0.05) is 127 Å². The SMILES string of the molecule is Cc1cccc(-c2c3ccccc3c(-c3ccc4cc(-c5nc6ccccc6c6nc7ccccc7n56)ccc4c3)c3ccccc23)c1. The van der Waals surface area contributed by atoms with Gasteiger partial charge in [0.15, 0.2) is 0 Å². The first-order chi connectivity index (χ1) is 23.7. The number of aryl methyl sites for hydroxylation is 1. The van der Waals surface area contributed by atoms with Crippen molar-refractivity contribution in [2.45, 2.75) is 6.92 Å². The molecule has 0 N–H and O–H groups in total. The molecule has 3 nitrogen and oxygen atoms in total. The zero-order chi connectivity index (χ0) is 31.8. The molecule has 0 atom stereocenters. The molecule has 0 spiro atoms. The zero-order valence-corrected chi connectivity index (χ0v) is 26.4. The van der Waals surface area contributed by atoms with Crippen molar-refractivity contribution in [1.82, 2.24) is 14.4 Å². The maximum absolute atomic E-state index is 5.20. The molecule has 0 aliphatic carbocycles. The first-order valence-corrected chi connectivity index (χ1v) is 16.4. The molecule has 2 aromatic heterocycles. The van der Waals surface area contributed by atoms with Crippen molar-refractivity contribution in [2.24, 2.45) is 0 Å². The molecule has 2 heterocycles. The van der Waals surface area contributed by atoms with E-state index in [1.165, 1.54) is 60.1 Å². The molecular formula is C45H29N3. The van der Waals surface area contributed by atoms with E-state index < -0.39 is 0 Å². The fraction of sp³-hybridized carbons (Fsp3) is 0.0222. The Morgan fingerprint density at radius 2 is 0.958 bits per heavy atom. The molecule has 0 saturated heterocycles. The molecule has 0 saturated carbocycles. The van der Waals surface area contributed by atoms with Crippen LogP contribution in [0.4, 0.5) is 0 Å². The smallest absolute Gasteiger partial charge is 0.149 e. The van der Waals surface area contributed by atoms with Crippen LogP contribution in [0.5, 0.6) is 0 Å². The van der Waals surface area contributed by atoms with E-state index in [0.717, 1.165) is 39.0 Å². The van der Waals surface area contributed by atoms with Crippen molar-refractivity contribution in [3.8, 4) is 33.6 Å². The number of fused-ring (bicyclic) bond motifs is 8. The van der Waals surface area contributed by atoms with E-state index in [9.17, 15) is 0 Å². The van der Waals surface area contributed by atoms with Crippen LogP contribution in [0.2, 0.25) is 0 Å². The lowest BCUT2D eigenvalue weighted by Gasteiger charge is -2.18. The summed E-state index contributed by atoms with van der Waals surface area (Å²) in [4.78, 5) is 10.2. The predicted octanol–water partition coefficient (Wildman–Crippen LogP) is 11.8. The van der Waals surface area contributed by atoms with Gasteiger partial charge in [-0.15, -0.1) is 0 Å². The molecule has 0 unspecified atom stereocenters. The van der Waals surface area contributed by atoms with E-state index in [-0.39, 0.29) is 0 Å². The monoisotopic (exact) mass is 611 g/mol. The quantitative estimate of drug-likeness (QED) is 0.186. The van der Waals surface area contributed by atoms with Crippen LogP contribution in [0.3, 0.4) is 0 Å². The number of hydrogen-bond acceptors (Lipinski definition) is 2. The second kappa shape index (κ2) is 10.3. The largest absolute Gasteiger partial charge is 0.276 e. The maximum Gasteiger partial charge on any atom is 0.149 e. The van der Waals surface area contributed by atoms with Crippen LogP contribution in [-0.2, 0) is 0 Å². The topological polar surface area (TPSA) is 30.2 Å². The Hall–Kier alpha value is -6.32. The number of aromatic nitrogens is 3. The van der Waals surface area contributed by atoms with Gasteiger partial charge in [0.1, 0.15) is 11.5 Å². The summed E-state index contributed by atoms with van der Waals surface area (Å²) in [6.07, 6.45) is 0. The summed E-state index contributed by atoms with van der Waals surface area (Å²) in [7, 11) is 0. The maximum atomic E-state index is 5.20. The number of nitrogens with zero attached hydrogens (tertiary/aromatic N) is 3. The van der Waals surface area contributed by atoms with Crippen LogP contribution in [0.25, 0.3) is 93.5 Å². The number of imidazole rings is 1. The van der Waals surface area contributed by atoms with Gasteiger partial charge in [0.25, 0.3) is 0 Å². The second-order valence-electron chi connectivity index (χ2n) is 12.7. The molecule has 48 heavy (non-hydrogen) atoms. The first kappa shape index (κ1) is 26.9. The fourth-order valence-electron chi connectivity index (χ4n) is 7.63. The summed E-state index contributed by atoms with van der Waals surface area (Å²) in [5, 5.41) is 8.48. The van der Waals surface area contributed by atoms with Gasteiger partial charge in [0.2, 0.25) is 0 Å². The van der Waals surface area contributed by atoms with Crippen molar-refractivity contribution in [3.05, 3.63) is 163 Å². The average Bonchev–Trinajstić information content (AvgIpc) is 3.53. The van der Waals surface area contributed by atoms with Crippen molar-refractivity contribution in [2.75, 3.05) is 0 Å². The molecule has 8 aromatic carbocycles. The molecule has 0 bridgehead atoms. The Kier molecular flexibility index (Phi) is 5.79. The van der Waals surface area contributed by atoms with Crippen molar-refractivity contribution in [1.29, 1.82) is 0 Å². The molecule has 0 aliphatic heterocycles. The number of hydrogen-bond donors (Lipinski definition) is 0. The van der Waals surface area contributed by atoms with Gasteiger partial charge >= 0.3 is 0 Å². The first-order valence-electron chi connectivity index (χ1n) is 16.4. The number of rotatable bonds is 3. The third kappa shape index (κ3) is 4.01. The van der Waals surface area contributed by atoms with E-state index in [1.807, 2.05) is 12.1 Å². The van der Waals surface area contributed by atoms with Crippen molar-refractivity contribution in [3.63, 3.8) is 0 Å². The minimum Gasteiger partial charge on any atom is -0.276 e. The molecular weight excluding hydrogens is 583 g/mol. The van der Waals surface area contributed by atoms with Gasteiger partial charge in [0, 0.05) is 10.9 Å². The summed E-state index contributed by atoms with van der Waals surface area (Å²) in [6.45, 7) is 2.17. The van der Waals surface area contributed by atoms with E-state index in [0.29, 0.717) is 0 Å². The fourth-order valence-corrected chi connectivity index (χ4v) is 7.63. The Labute approximate surface area is 277 Å². The van der Waals surface area contributed by atoms with Gasteiger partial charge in [-0.3, -0.25) is 4.40 Å². The van der Waals surface area contributed by atoms with Crippen LogP contribution in [0, 0.1) is 6.92 Å². The molecule has 0 amide bonds. The van der Waals surface area contributed by atoms with Crippen molar-refractivity contribution >= 4 is 59.9 Å². The normalized spacial score (nSPS) is 11.9. The molecule has 10 aromatic rings. The van der Waals surface area contributed by atoms with Gasteiger partial charge in [-0.05, 0) is 97.9 Å². The highest BCUT2D eigenvalue weighted by Gasteiger charge is 2.18. The molecule has 10 rings (SSSR count). The number of benzene rings is 8. The van der Waals surface area contributed by atoms with Crippen LogP contribution >= 0.6 is 0 Å². The Balaban J connectivity index is 1.19. The Bertz CT molecular complexity index is 2860.